The minimum Gasteiger partial charge on any atom is -0.149 e. The second-order valence-corrected chi connectivity index (χ2v) is 4.78. The largest absolute Gasteiger partial charge is 0.149 e. The second-order valence-electron chi connectivity index (χ2n) is 4.14. The van der Waals surface area contributed by atoms with Gasteiger partial charge in [0.1, 0.15) is 0 Å². The van der Waals surface area contributed by atoms with E-state index in [2.05, 4.69) is 26.1 Å². The summed E-state index contributed by atoms with van der Waals surface area (Å²) in [7, 11) is 0. The number of hydrogen-bond acceptors (Lipinski definition) is 1. The van der Waals surface area contributed by atoms with Gasteiger partial charge in [0.15, 0.2) is 0 Å². The molecule has 0 aliphatic rings. The molecule has 0 saturated heterocycles. The molecule has 0 spiro atoms. The Kier molecular flexibility index (Phi) is 11.2. The highest BCUT2D eigenvalue weighted by molar-refractivity contribution is 7.84. The Morgan fingerprint density at radius 2 is 1.29 bits per heavy atom. The minimum absolute atomic E-state index is 1.04. The van der Waals surface area contributed by atoms with E-state index in [0.29, 0.717) is 0 Å². The summed E-state index contributed by atoms with van der Waals surface area (Å²) in [5.41, 5.74) is 0. The van der Waals surface area contributed by atoms with Crippen molar-refractivity contribution in [2.45, 2.75) is 71.1 Å². The van der Waals surface area contributed by atoms with Crippen LogP contribution in [0.15, 0.2) is 11.5 Å². The predicted molar refractivity (Wildman–Crippen MR) is 70.0 cm³/mol. The quantitative estimate of drug-likeness (QED) is 0.368. The van der Waals surface area contributed by atoms with E-state index in [1.807, 2.05) is 0 Å². The molecule has 0 aliphatic carbocycles. The zero-order valence-electron chi connectivity index (χ0n) is 9.73. The van der Waals surface area contributed by atoms with Gasteiger partial charge in [0, 0.05) is 0 Å². The zero-order valence-corrected chi connectivity index (χ0v) is 10.6. The number of allylic oxidation sites excluding steroid dienone is 1. The first kappa shape index (κ1) is 14.1. The van der Waals surface area contributed by atoms with E-state index in [1.165, 1.54) is 57.8 Å². The lowest BCUT2D eigenvalue weighted by Gasteiger charge is -2.01. The standard InChI is InChI=1S/C13H26S/c1-3-4-5-6-7-8-9-10-11-12-13(2)14/h14H,2-12H2,1H3. The molecule has 0 N–H and O–H groups in total. The Bertz CT molecular complexity index is 129. The molecule has 0 fully saturated rings. The van der Waals surface area contributed by atoms with E-state index in [-0.39, 0.29) is 0 Å². The normalized spacial score (nSPS) is 10.4. The molecule has 84 valence electrons. The lowest BCUT2D eigenvalue weighted by atomic mass is 10.1. The van der Waals surface area contributed by atoms with Crippen LogP contribution in [-0.2, 0) is 0 Å². The van der Waals surface area contributed by atoms with Crippen molar-refractivity contribution in [2.75, 3.05) is 0 Å². The van der Waals surface area contributed by atoms with E-state index < -0.39 is 0 Å². The fourth-order valence-electron chi connectivity index (χ4n) is 1.64. The van der Waals surface area contributed by atoms with Crippen molar-refractivity contribution in [3.8, 4) is 0 Å². The summed E-state index contributed by atoms with van der Waals surface area (Å²) in [6.45, 7) is 6.06. The van der Waals surface area contributed by atoms with Gasteiger partial charge in [0.25, 0.3) is 0 Å². The van der Waals surface area contributed by atoms with Gasteiger partial charge in [-0.1, -0.05) is 64.9 Å². The summed E-state index contributed by atoms with van der Waals surface area (Å²) in [5.74, 6) is 0. The van der Waals surface area contributed by atoms with Gasteiger partial charge in [-0.15, -0.1) is 12.6 Å². The van der Waals surface area contributed by atoms with Crippen LogP contribution in [0.5, 0.6) is 0 Å². The molecule has 0 aromatic carbocycles. The number of thiol groups is 1. The average Bonchev–Trinajstić information content (AvgIpc) is 2.15. The van der Waals surface area contributed by atoms with E-state index in [1.54, 1.807) is 0 Å². The van der Waals surface area contributed by atoms with Crippen LogP contribution in [0.25, 0.3) is 0 Å². The fourth-order valence-corrected chi connectivity index (χ4v) is 1.80. The molecule has 0 aromatic heterocycles. The van der Waals surface area contributed by atoms with Crippen LogP contribution in [0.3, 0.4) is 0 Å². The summed E-state index contributed by atoms with van der Waals surface area (Å²) in [6.07, 6.45) is 13.6. The van der Waals surface area contributed by atoms with Gasteiger partial charge in [-0.05, 0) is 17.7 Å². The summed E-state index contributed by atoms with van der Waals surface area (Å²) in [5, 5.41) is 0. The number of rotatable bonds is 10. The van der Waals surface area contributed by atoms with Gasteiger partial charge in [0.2, 0.25) is 0 Å². The molecule has 0 bridgehead atoms. The van der Waals surface area contributed by atoms with Crippen molar-refractivity contribution >= 4 is 12.6 Å². The highest BCUT2D eigenvalue weighted by Gasteiger charge is 1.92. The molecule has 0 radical (unpaired) electrons. The number of unbranched alkanes of at least 4 members (excludes halogenated alkanes) is 8. The Labute approximate surface area is 95.6 Å². The highest BCUT2D eigenvalue weighted by atomic mass is 32.1. The van der Waals surface area contributed by atoms with Crippen LogP contribution in [0.1, 0.15) is 71.1 Å². The number of hydrogen-bond donors (Lipinski definition) is 1. The molecule has 0 saturated carbocycles. The SMILES string of the molecule is C=C(S)CCCCCCCCCCC. The molecule has 1 heteroatoms. The van der Waals surface area contributed by atoms with E-state index in [9.17, 15) is 0 Å². The summed E-state index contributed by atoms with van der Waals surface area (Å²) >= 11 is 4.19. The maximum atomic E-state index is 4.19. The van der Waals surface area contributed by atoms with Gasteiger partial charge in [-0.25, -0.2) is 0 Å². The van der Waals surface area contributed by atoms with E-state index >= 15 is 0 Å². The average molecular weight is 214 g/mol. The Hall–Kier alpha value is 0.0900. The molecule has 0 amide bonds. The topological polar surface area (TPSA) is 0 Å². The van der Waals surface area contributed by atoms with Crippen molar-refractivity contribution in [1.29, 1.82) is 0 Å². The molecule has 14 heavy (non-hydrogen) atoms. The maximum Gasteiger partial charge on any atom is -0.0227 e. The van der Waals surface area contributed by atoms with Crippen LogP contribution in [0.2, 0.25) is 0 Å². The summed E-state index contributed by atoms with van der Waals surface area (Å²) in [6, 6.07) is 0. The van der Waals surface area contributed by atoms with Gasteiger partial charge in [0.05, 0.1) is 0 Å². The minimum atomic E-state index is 1.04. The van der Waals surface area contributed by atoms with E-state index in [4.69, 9.17) is 0 Å². The third-order valence-corrected chi connectivity index (χ3v) is 2.79. The molecule has 0 nitrogen and oxygen atoms in total. The van der Waals surface area contributed by atoms with Crippen LogP contribution < -0.4 is 0 Å². The molecule has 0 aromatic rings. The fraction of sp³-hybridized carbons (Fsp3) is 0.846. The van der Waals surface area contributed by atoms with Gasteiger partial charge >= 0.3 is 0 Å². The van der Waals surface area contributed by atoms with Crippen LogP contribution in [0.4, 0.5) is 0 Å². The van der Waals surface area contributed by atoms with Gasteiger partial charge < -0.3 is 0 Å². The highest BCUT2D eigenvalue weighted by Crippen LogP contribution is 2.13. The van der Waals surface area contributed by atoms with Crippen molar-refractivity contribution in [1.82, 2.24) is 0 Å². The molecular weight excluding hydrogens is 188 g/mol. The van der Waals surface area contributed by atoms with Crippen LogP contribution >= 0.6 is 12.6 Å². The van der Waals surface area contributed by atoms with Crippen molar-refractivity contribution in [2.24, 2.45) is 0 Å². The molecule has 0 unspecified atom stereocenters. The van der Waals surface area contributed by atoms with Crippen molar-refractivity contribution in [3.05, 3.63) is 11.5 Å². The second kappa shape index (κ2) is 11.2. The molecule has 0 aliphatic heterocycles. The first-order valence-electron chi connectivity index (χ1n) is 6.14. The van der Waals surface area contributed by atoms with E-state index in [0.717, 1.165) is 11.3 Å². The smallest absolute Gasteiger partial charge is 0.0227 e. The van der Waals surface area contributed by atoms with Gasteiger partial charge in [-0.2, -0.15) is 0 Å². The van der Waals surface area contributed by atoms with Gasteiger partial charge in [-0.3, -0.25) is 0 Å². The predicted octanol–water partition coefficient (Wildman–Crippen LogP) is 5.35. The summed E-state index contributed by atoms with van der Waals surface area (Å²) in [4.78, 5) is 1.04. The third kappa shape index (κ3) is 12.1. The lowest BCUT2D eigenvalue weighted by molar-refractivity contribution is 0.566. The van der Waals surface area contributed by atoms with Crippen LogP contribution in [-0.4, -0.2) is 0 Å². The maximum absolute atomic E-state index is 4.19. The van der Waals surface area contributed by atoms with Crippen molar-refractivity contribution in [3.63, 3.8) is 0 Å². The first-order valence-corrected chi connectivity index (χ1v) is 6.59. The third-order valence-electron chi connectivity index (χ3n) is 2.57. The molecule has 0 heterocycles. The Morgan fingerprint density at radius 1 is 0.857 bits per heavy atom. The Balaban J connectivity index is 2.88. The molecular formula is C13H26S. The lowest BCUT2D eigenvalue weighted by Crippen LogP contribution is -1.81. The van der Waals surface area contributed by atoms with Crippen LogP contribution in [0, 0.1) is 0 Å². The summed E-state index contributed by atoms with van der Waals surface area (Å²) < 4.78 is 0. The first-order chi connectivity index (χ1) is 6.77. The molecule has 0 rings (SSSR count). The zero-order chi connectivity index (χ0) is 10.6. The van der Waals surface area contributed by atoms with Crippen molar-refractivity contribution < 1.29 is 0 Å². The monoisotopic (exact) mass is 214 g/mol. The molecule has 0 atom stereocenters. The Morgan fingerprint density at radius 3 is 1.71 bits per heavy atom.